The zero-order valence-corrected chi connectivity index (χ0v) is 12.8. The number of pyridine rings is 1. The largest absolute Gasteiger partial charge is 0.320 e. The van der Waals surface area contributed by atoms with Gasteiger partial charge in [-0.1, -0.05) is 13.8 Å². The maximum Gasteiger partial charge on any atom is 0.267 e. The molecular weight excluding hydrogens is 286 g/mol. The van der Waals surface area contributed by atoms with Crippen molar-refractivity contribution in [2.24, 2.45) is 0 Å². The molecule has 21 heavy (non-hydrogen) atoms. The average molecular weight is 301 g/mol. The lowest BCUT2D eigenvalue weighted by Gasteiger charge is -2.07. The summed E-state index contributed by atoms with van der Waals surface area (Å²) in [5, 5.41) is 11.2. The lowest BCUT2D eigenvalue weighted by atomic mass is 10.2. The van der Waals surface area contributed by atoms with Crippen LogP contribution in [0.2, 0.25) is 0 Å². The van der Waals surface area contributed by atoms with Crippen molar-refractivity contribution in [3.8, 4) is 0 Å². The predicted molar refractivity (Wildman–Crippen MR) is 81.9 cm³/mol. The molecule has 0 fully saturated rings. The topological polar surface area (TPSA) is 72.2 Å². The van der Waals surface area contributed by atoms with E-state index in [1.165, 1.54) is 11.3 Å². The number of hydrogen-bond donors (Lipinski definition) is 1. The van der Waals surface area contributed by atoms with E-state index in [-0.39, 0.29) is 11.8 Å². The number of aryl methyl sites for hydroxylation is 1. The molecule has 0 radical (unpaired) electrons. The third-order valence-corrected chi connectivity index (χ3v) is 4.08. The maximum atomic E-state index is 12.2. The quantitative estimate of drug-likeness (QED) is 0.807. The first kappa shape index (κ1) is 13.7. The highest BCUT2D eigenvalue weighted by atomic mass is 32.1. The predicted octanol–water partition coefficient (Wildman–Crippen LogP) is 2.87. The molecule has 0 aliphatic carbocycles. The van der Waals surface area contributed by atoms with Gasteiger partial charge in [0, 0.05) is 12.1 Å². The van der Waals surface area contributed by atoms with E-state index in [9.17, 15) is 4.79 Å². The van der Waals surface area contributed by atoms with Crippen LogP contribution in [0.15, 0.2) is 23.8 Å². The van der Waals surface area contributed by atoms with E-state index in [4.69, 9.17) is 0 Å². The van der Waals surface area contributed by atoms with Crippen LogP contribution in [0.3, 0.4) is 0 Å². The SMILES string of the molecule is Cc1ncsc1C(=O)Nc1ccc2nnc(C(C)C)n2c1. The van der Waals surface area contributed by atoms with Gasteiger partial charge in [0.15, 0.2) is 5.65 Å². The molecule has 0 aromatic carbocycles. The van der Waals surface area contributed by atoms with Crippen LogP contribution in [0.1, 0.15) is 41.0 Å². The highest BCUT2D eigenvalue weighted by Gasteiger charge is 2.14. The summed E-state index contributed by atoms with van der Waals surface area (Å²) in [5.74, 6) is 0.985. The lowest BCUT2D eigenvalue weighted by molar-refractivity contribution is 0.103. The number of carbonyl (C=O) groups excluding carboxylic acids is 1. The van der Waals surface area contributed by atoms with Gasteiger partial charge in [0.1, 0.15) is 10.7 Å². The lowest BCUT2D eigenvalue weighted by Crippen LogP contribution is -2.12. The van der Waals surface area contributed by atoms with Gasteiger partial charge in [-0.2, -0.15) is 0 Å². The number of rotatable bonds is 3. The Labute approximate surface area is 125 Å². The van der Waals surface area contributed by atoms with Gasteiger partial charge in [-0.25, -0.2) is 4.98 Å². The number of nitrogens with one attached hydrogen (secondary N) is 1. The third-order valence-electron chi connectivity index (χ3n) is 3.15. The first-order valence-corrected chi connectivity index (χ1v) is 7.50. The van der Waals surface area contributed by atoms with Gasteiger partial charge in [0.05, 0.1) is 16.9 Å². The van der Waals surface area contributed by atoms with Crippen molar-refractivity contribution < 1.29 is 4.79 Å². The second-order valence-corrected chi connectivity index (χ2v) is 5.93. The minimum Gasteiger partial charge on any atom is -0.320 e. The molecule has 0 saturated carbocycles. The molecule has 0 aliphatic heterocycles. The van der Waals surface area contributed by atoms with E-state index in [0.717, 1.165) is 17.2 Å². The summed E-state index contributed by atoms with van der Waals surface area (Å²) in [7, 11) is 0. The molecule has 0 atom stereocenters. The Hall–Kier alpha value is -2.28. The summed E-state index contributed by atoms with van der Waals surface area (Å²) in [6.07, 6.45) is 1.85. The molecule has 108 valence electrons. The monoisotopic (exact) mass is 301 g/mol. The summed E-state index contributed by atoms with van der Waals surface area (Å²) in [6, 6.07) is 3.66. The minimum absolute atomic E-state index is 0.145. The highest BCUT2D eigenvalue weighted by molar-refractivity contribution is 7.12. The van der Waals surface area contributed by atoms with Crippen LogP contribution in [0.4, 0.5) is 5.69 Å². The Morgan fingerprint density at radius 2 is 2.14 bits per heavy atom. The molecular formula is C14H15N5OS. The normalized spacial score (nSPS) is 11.2. The zero-order valence-electron chi connectivity index (χ0n) is 12.0. The van der Waals surface area contributed by atoms with Gasteiger partial charge in [-0.05, 0) is 19.1 Å². The average Bonchev–Trinajstić information content (AvgIpc) is 3.04. The first-order valence-electron chi connectivity index (χ1n) is 6.62. The van der Waals surface area contributed by atoms with Crippen molar-refractivity contribution in [1.29, 1.82) is 0 Å². The fourth-order valence-electron chi connectivity index (χ4n) is 2.08. The number of aromatic nitrogens is 4. The Morgan fingerprint density at radius 1 is 1.33 bits per heavy atom. The van der Waals surface area contributed by atoms with E-state index in [1.807, 2.05) is 29.7 Å². The van der Waals surface area contributed by atoms with Gasteiger partial charge < -0.3 is 5.32 Å². The molecule has 0 saturated heterocycles. The van der Waals surface area contributed by atoms with Crippen molar-refractivity contribution in [1.82, 2.24) is 19.6 Å². The maximum absolute atomic E-state index is 12.2. The minimum atomic E-state index is -0.145. The van der Waals surface area contributed by atoms with Crippen LogP contribution in [-0.2, 0) is 0 Å². The summed E-state index contributed by atoms with van der Waals surface area (Å²) in [4.78, 5) is 16.9. The molecule has 7 heteroatoms. The molecule has 0 spiro atoms. The number of fused-ring (bicyclic) bond motifs is 1. The number of anilines is 1. The molecule has 6 nitrogen and oxygen atoms in total. The molecule has 0 bridgehead atoms. The van der Waals surface area contributed by atoms with Gasteiger partial charge in [-0.3, -0.25) is 9.20 Å². The van der Waals surface area contributed by atoms with Crippen LogP contribution >= 0.6 is 11.3 Å². The Balaban J connectivity index is 1.92. The standard InChI is InChI=1S/C14H15N5OS/c1-8(2)13-18-17-11-5-4-10(6-19(11)13)16-14(20)12-9(3)15-7-21-12/h4-8H,1-3H3,(H,16,20). The van der Waals surface area contributed by atoms with Gasteiger partial charge >= 0.3 is 0 Å². The van der Waals surface area contributed by atoms with Crippen LogP contribution in [0.25, 0.3) is 5.65 Å². The molecule has 1 amide bonds. The van der Waals surface area contributed by atoms with Crippen molar-refractivity contribution in [2.45, 2.75) is 26.7 Å². The van der Waals surface area contributed by atoms with Crippen molar-refractivity contribution in [3.63, 3.8) is 0 Å². The smallest absolute Gasteiger partial charge is 0.267 e. The number of amides is 1. The Kier molecular flexibility index (Phi) is 3.42. The van der Waals surface area contributed by atoms with Gasteiger partial charge in [0.2, 0.25) is 0 Å². The number of hydrogen-bond acceptors (Lipinski definition) is 5. The number of nitrogens with zero attached hydrogens (tertiary/aromatic N) is 4. The second kappa shape index (κ2) is 5.25. The van der Waals surface area contributed by atoms with E-state index in [0.29, 0.717) is 10.6 Å². The molecule has 0 unspecified atom stereocenters. The molecule has 1 N–H and O–H groups in total. The fraction of sp³-hybridized carbons (Fsp3) is 0.286. The van der Waals surface area contributed by atoms with Crippen LogP contribution < -0.4 is 5.32 Å². The van der Waals surface area contributed by atoms with Crippen molar-refractivity contribution >= 4 is 28.6 Å². The summed E-state index contributed by atoms with van der Waals surface area (Å²) in [6.45, 7) is 5.94. The number of carbonyl (C=O) groups is 1. The first-order chi connectivity index (χ1) is 10.1. The van der Waals surface area contributed by atoms with E-state index in [2.05, 4.69) is 34.3 Å². The molecule has 3 aromatic rings. The summed E-state index contributed by atoms with van der Waals surface area (Å²) >= 11 is 1.34. The summed E-state index contributed by atoms with van der Waals surface area (Å²) < 4.78 is 1.90. The highest BCUT2D eigenvalue weighted by Crippen LogP contribution is 2.19. The van der Waals surface area contributed by atoms with E-state index in [1.54, 1.807) is 5.51 Å². The van der Waals surface area contributed by atoms with Crippen LogP contribution in [0.5, 0.6) is 0 Å². The van der Waals surface area contributed by atoms with Gasteiger partial charge in [-0.15, -0.1) is 21.5 Å². The molecule has 3 aromatic heterocycles. The zero-order chi connectivity index (χ0) is 15.0. The van der Waals surface area contributed by atoms with Crippen molar-refractivity contribution in [3.05, 3.63) is 40.2 Å². The Bertz CT molecular complexity index is 805. The second-order valence-electron chi connectivity index (χ2n) is 5.08. The van der Waals surface area contributed by atoms with Crippen molar-refractivity contribution in [2.75, 3.05) is 5.32 Å². The Morgan fingerprint density at radius 3 is 2.81 bits per heavy atom. The summed E-state index contributed by atoms with van der Waals surface area (Å²) in [5.41, 5.74) is 3.89. The molecule has 3 rings (SSSR count). The van der Waals surface area contributed by atoms with Gasteiger partial charge in [0.25, 0.3) is 5.91 Å². The van der Waals surface area contributed by atoms with E-state index >= 15 is 0 Å². The van der Waals surface area contributed by atoms with Crippen LogP contribution in [-0.4, -0.2) is 25.5 Å². The molecule has 3 heterocycles. The third kappa shape index (κ3) is 2.52. The van der Waals surface area contributed by atoms with Crippen LogP contribution in [0, 0.1) is 6.92 Å². The van der Waals surface area contributed by atoms with E-state index < -0.39 is 0 Å². The molecule has 0 aliphatic rings. The fourth-order valence-corrected chi connectivity index (χ4v) is 2.78. The number of thiazole rings is 1.